The highest BCUT2D eigenvalue weighted by Crippen LogP contribution is 2.50. The minimum Gasteiger partial charge on any atom is -0.460 e. The van der Waals surface area contributed by atoms with Crippen LogP contribution in [0.1, 0.15) is 74.1 Å². The number of fused-ring (bicyclic) bond motifs is 1. The highest BCUT2D eigenvalue weighted by atomic mass is 16.6. The summed E-state index contributed by atoms with van der Waals surface area (Å²) < 4.78 is 11.4. The van der Waals surface area contributed by atoms with Crippen molar-refractivity contribution in [3.05, 3.63) is 0 Å². The lowest BCUT2D eigenvalue weighted by molar-refractivity contribution is -0.235. The fraction of sp³-hybridized carbons (Fsp3) is 0.947. The van der Waals surface area contributed by atoms with E-state index >= 15 is 0 Å². The molecule has 1 aliphatic carbocycles. The first-order valence-electron chi connectivity index (χ1n) is 8.89. The van der Waals surface area contributed by atoms with E-state index < -0.39 is 17.8 Å². The van der Waals surface area contributed by atoms with Crippen molar-refractivity contribution in [1.29, 1.82) is 0 Å². The normalized spacial score (nSPS) is 32.3. The van der Waals surface area contributed by atoms with E-state index in [2.05, 4.69) is 48.5 Å². The van der Waals surface area contributed by atoms with Crippen LogP contribution in [0.15, 0.2) is 0 Å². The Labute approximate surface area is 140 Å². The largest absolute Gasteiger partial charge is 0.460 e. The molecule has 0 bridgehead atoms. The third-order valence-electron chi connectivity index (χ3n) is 5.82. The van der Waals surface area contributed by atoms with Crippen molar-refractivity contribution < 1.29 is 19.4 Å². The molecule has 23 heavy (non-hydrogen) atoms. The Kier molecular flexibility index (Phi) is 4.91. The average molecular weight is 326 g/mol. The lowest BCUT2D eigenvalue weighted by atomic mass is 9.61. The molecule has 0 radical (unpaired) electrons. The van der Waals surface area contributed by atoms with Crippen LogP contribution < -0.4 is 0 Å². The van der Waals surface area contributed by atoms with Crippen LogP contribution in [0, 0.1) is 22.2 Å². The highest BCUT2D eigenvalue weighted by Gasteiger charge is 2.53. The van der Waals surface area contributed by atoms with Crippen LogP contribution in [0.3, 0.4) is 0 Å². The Morgan fingerprint density at radius 1 is 1.17 bits per heavy atom. The topological polar surface area (TPSA) is 55.8 Å². The fourth-order valence-electron chi connectivity index (χ4n) is 4.11. The number of carbonyl (C=O) groups excluding carboxylic acids is 1. The highest BCUT2D eigenvalue weighted by molar-refractivity contribution is 5.77. The first-order valence-corrected chi connectivity index (χ1v) is 8.89. The van der Waals surface area contributed by atoms with Gasteiger partial charge in [0.2, 0.25) is 0 Å². The molecule has 1 heterocycles. The lowest BCUT2D eigenvalue weighted by Crippen LogP contribution is -2.49. The first kappa shape index (κ1) is 18.7. The average Bonchev–Trinajstić information content (AvgIpc) is 2.89. The zero-order chi connectivity index (χ0) is 17.6. The second-order valence-corrected chi connectivity index (χ2v) is 9.88. The van der Waals surface area contributed by atoms with Gasteiger partial charge in [0.05, 0.1) is 0 Å². The van der Waals surface area contributed by atoms with Crippen molar-refractivity contribution in [1.82, 2.24) is 0 Å². The summed E-state index contributed by atoms with van der Waals surface area (Å²) in [6.45, 7) is 14.9. The van der Waals surface area contributed by atoms with Gasteiger partial charge in [0, 0.05) is 11.3 Å². The van der Waals surface area contributed by atoms with Gasteiger partial charge in [0.15, 0.2) is 12.4 Å². The first-order chi connectivity index (χ1) is 10.3. The number of rotatable bonds is 4. The van der Waals surface area contributed by atoms with Gasteiger partial charge in [-0.05, 0) is 36.5 Å². The molecule has 1 aliphatic heterocycles. The molecule has 1 saturated heterocycles. The smallest absolute Gasteiger partial charge is 0.336 e. The van der Waals surface area contributed by atoms with Crippen LogP contribution in [0.5, 0.6) is 0 Å². The van der Waals surface area contributed by atoms with Crippen LogP contribution >= 0.6 is 0 Å². The molecular formula is C19H34O4. The summed E-state index contributed by atoms with van der Waals surface area (Å²) >= 11 is 0. The fourth-order valence-corrected chi connectivity index (χ4v) is 4.11. The van der Waals surface area contributed by atoms with Crippen molar-refractivity contribution in [2.24, 2.45) is 22.2 Å². The number of aliphatic hydroxyl groups is 1. The number of carbonyl (C=O) groups is 1. The van der Waals surface area contributed by atoms with Gasteiger partial charge in [-0.2, -0.15) is 0 Å². The number of esters is 1. The molecule has 0 amide bonds. The van der Waals surface area contributed by atoms with Gasteiger partial charge in [0.1, 0.15) is 6.10 Å². The second-order valence-electron chi connectivity index (χ2n) is 9.88. The maximum absolute atomic E-state index is 12.1. The van der Waals surface area contributed by atoms with E-state index in [9.17, 15) is 9.90 Å². The van der Waals surface area contributed by atoms with Crippen molar-refractivity contribution in [3.63, 3.8) is 0 Å². The molecule has 2 rings (SSSR count). The number of aliphatic hydroxyl groups excluding tert-OH is 1. The van der Waals surface area contributed by atoms with E-state index in [1.165, 1.54) is 0 Å². The Morgan fingerprint density at radius 2 is 1.78 bits per heavy atom. The van der Waals surface area contributed by atoms with Crippen molar-refractivity contribution in [3.8, 4) is 0 Å². The van der Waals surface area contributed by atoms with Gasteiger partial charge < -0.3 is 14.6 Å². The minimum atomic E-state index is -0.987. The Balaban J connectivity index is 2.18. The van der Waals surface area contributed by atoms with E-state index in [0.717, 1.165) is 25.7 Å². The molecule has 2 fully saturated rings. The van der Waals surface area contributed by atoms with Gasteiger partial charge in [-0.15, -0.1) is 0 Å². The monoisotopic (exact) mass is 326 g/mol. The zero-order valence-electron chi connectivity index (χ0n) is 15.8. The summed E-state index contributed by atoms with van der Waals surface area (Å²) in [5.41, 5.74) is -0.558. The van der Waals surface area contributed by atoms with E-state index in [1.54, 1.807) is 0 Å². The molecule has 5 unspecified atom stereocenters. The Hall–Kier alpha value is -0.610. The Bertz CT molecular complexity index is 445. The zero-order valence-corrected chi connectivity index (χ0v) is 15.8. The van der Waals surface area contributed by atoms with Gasteiger partial charge in [0.25, 0.3) is 0 Å². The molecule has 4 nitrogen and oxygen atoms in total. The van der Waals surface area contributed by atoms with Gasteiger partial charge in [-0.25, -0.2) is 4.79 Å². The van der Waals surface area contributed by atoms with Crippen LogP contribution in [0.4, 0.5) is 0 Å². The van der Waals surface area contributed by atoms with Crippen LogP contribution in [-0.4, -0.2) is 29.6 Å². The molecule has 1 saturated carbocycles. The van der Waals surface area contributed by atoms with Crippen LogP contribution in [0.25, 0.3) is 0 Å². The summed E-state index contributed by atoms with van der Waals surface area (Å²) in [7, 11) is 0. The van der Waals surface area contributed by atoms with Crippen molar-refractivity contribution in [2.75, 3.05) is 0 Å². The summed E-state index contributed by atoms with van der Waals surface area (Å²) in [5.74, 6) is -0.193. The molecule has 4 heteroatoms. The van der Waals surface area contributed by atoms with E-state index in [1.807, 2.05) is 0 Å². The molecule has 0 aromatic carbocycles. The predicted molar refractivity (Wildman–Crippen MR) is 89.7 cm³/mol. The maximum Gasteiger partial charge on any atom is 0.336 e. The molecule has 0 spiro atoms. The standard InChI is InChI=1S/C19H34O4/c1-17(2,3)11-19(7,18(4,5)6)16(21)23-14-12-9-8-10-13(12)22-15(14)20/h12-14,16,21H,8-11H2,1-7H3. The van der Waals surface area contributed by atoms with Gasteiger partial charge in [-0.1, -0.05) is 48.5 Å². The number of hydrogen-bond acceptors (Lipinski definition) is 4. The van der Waals surface area contributed by atoms with E-state index in [4.69, 9.17) is 9.47 Å². The predicted octanol–water partition coefficient (Wildman–Crippen LogP) is 3.90. The van der Waals surface area contributed by atoms with Gasteiger partial charge >= 0.3 is 5.97 Å². The molecule has 0 aromatic rings. The van der Waals surface area contributed by atoms with Crippen LogP contribution in [-0.2, 0) is 14.3 Å². The second kappa shape index (κ2) is 6.03. The van der Waals surface area contributed by atoms with E-state index in [-0.39, 0.29) is 28.8 Å². The summed E-state index contributed by atoms with van der Waals surface area (Å²) in [5, 5.41) is 10.9. The maximum atomic E-state index is 12.1. The molecule has 0 aromatic heterocycles. The van der Waals surface area contributed by atoms with E-state index in [0.29, 0.717) is 0 Å². The number of hydrogen-bond donors (Lipinski definition) is 1. The third kappa shape index (κ3) is 3.74. The molecular weight excluding hydrogens is 292 g/mol. The number of ether oxygens (including phenoxy) is 2. The minimum absolute atomic E-state index is 0.0109. The molecule has 134 valence electrons. The molecule has 2 aliphatic rings. The Morgan fingerprint density at radius 3 is 2.30 bits per heavy atom. The SMILES string of the molecule is CC(C)(C)CC(C)(C(O)OC1C(=O)OC2CCCC21)C(C)(C)C. The van der Waals surface area contributed by atoms with Crippen molar-refractivity contribution >= 4 is 5.97 Å². The lowest BCUT2D eigenvalue weighted by Gasteiger charge is -2.48. The third-order valence-corrected chi connectivity index (χ3v) is 5.82. The van der Waals surface area contributed by atoms with Crippen molar-refractivity contribution in [2.45, 2.75) is 92.6 Å². The quantitative estimate of drug-likeness (QED) is 0.629. The summed E-state index contributed by atoms with van der Waals surface area (Å²) in [4.78, 5) is 12.1. The molecule has 5 atom stereocenters. The molecule has 1 N–H and O–H groups in total. The van der Waals surface area contributed by atoms with Crippen LogP contribution in [0.2, 0.25) is 0 Å². The summed E-state index contributed by atoms with van der Waals surface area (Å²) in [6, 6.07) is 0. The van der Waals surface area contributed by atoms with Gasteiger partial charge in [-0.3, -0.25) is 0 Å². The summed E-state index contributed by atoms with van der Waals surface area (Å²) in [6.07, 6.45) is 2.13.